The zero-order valence-corrected chi connectivity index (χ0v) is 12.9. The lowest BCUT2D eigenvalue weighted by Gasteiger charge is -2.50. The highest BCUT2D eigenvalue weighted by molar-refractivity contribution is 8.46. The smallest absolute Gasteiger partial charge is 0.205 e. The first-order chi connectivity index (χ1) is 11.1. The number of nitrogens with zero attached hydrogens (tertiary/aromatic N) is 1. The monoisotopic (exact) mass is 434 g/mol. The molecule has 0 unspecified atom stereocenters. The molecule has 0 atom stereocenters. The Morgan fingerprint density at radius 3 is 1.46 bits per heavy atom. The predicted octanol–water partition coefficient (Wildman–Crippen LogP) is 6.16. The zero-order chi connectivity index (χ0) is 20.9. The lowest BCUT2D eigenvalue weighted by molar-refractivity contribution is -0.700. The SMILES string of the molecule is FC(F)(CC[n+]1ccccc1)C(F)(F)C(F)(F)C(F)(F)S(F)(F)(F)(F)F. The van der Waals surface area contributed by atoms with Crippen molar-refractivity contribution in [1.29, 1.82) is 0 Å². The van der Waals surface area contributed by atoms with Crippen molar-refractivity contribution in [1.82, 2.24) is 0 Å². The van der Waals surface area contributed by atoms with Gasteiger partial charge in [-0.3, -0.25) is 0 Å². The molecule has 0 saturated heterocycles. The second kappa shape index (κ2) is 5.32. The van der Waals surface area contributed by atoms with Gasteiger partial charge in [-0.15, -0.1) is 0 Å². The number of aromatic nitrogens is 1. The van der Waals surface area contributed by atoms with E-state index in [1.165, 1.54) is 18.2 Å². The van der Waals surface area contributed by atoms with E-state index in [4.69, 9.17) is 0 Å². The number of hydrogen-bond donors (Lipinski definition) is 0. The van der Waals surface area contributed by atoms with Gasteiger partial charge in [-0.25, -0.2) is 4.57 Å². The van der Waals surface area contributed by atoms with Gasteiger partial charge >= 0.3 is 33.2 Å². The number of alkyl halides is 8. The van der Waals surface area contributed by atoms with Gasteiger partial charge in [0.05, 0.1) is 6.42 Å². The van der Waals surface area contributed by atoms with E-state index in [-0.39, 0.29) is 0 Å². The molecule has 1 nitrogen and oxygen atoms in total. The number of hydrogen-bond acceptors (Lipinski definition) is 0. The number of aryl methyl sites for hydroxylation is 1. The van der Waals surface area contributed by atoms with E-state index < -0.39 is 46.2 Å². The summed E-state index contributed by atoms with van der Waals surface area (Å²) in [6.45, 7) is -1.21. The van der Waals surface area contributed by atoms with Crippen LogP contribution in [0.1, 0.15) is 6.42 Å². The minimum atomic E-state index is -12.6. The summed E-state index contributed by atoms with van der Waals surface area (Å²) in [7, 11) is -12.6. The van der Waals surface area contributed by atoms with Crippen LogP contribution in [0.3, 0.4) is 0 Å². The molecule has 0 saturated carbocycles. The van der Waals surface area contributed by atoms with Gasteiger partial charge in [0.1, 0.15) is 0 Å². The molecule has 0 spiro atoms. The molecule has 1 aromatic heterocycles. The molecule has 154 valence electrons. The lowest BCUT2D eigenvalue weighted by Crippen LogP contribution is -2.65. The van der Waals surface area contributed by atoms with Crippen molar-refractivity contribution < 1.29 is 59.1 Å². The summed E-state index contributed by atoms with van der Waals surface area (Å²) in [6.07, 6.45) is -0.397. The van der Waals surface area contributed by atoms with E-state index in [0.29, 0.717) is 4.57 Å². The fraction of sp³-hybridized carbons (Fsp3) is 0.545. The molecule has 15 heteroatoms. The molecule has 0 bridgehead atoms. The standard InChI is InChI=1S/C11H9F13NS/c12-8(13,4-7-25-5-2-1-3-6-25)9(14,15)10(16,17)11(18,19)26(20,21,22,23)24/h1-3,5-6H,4,7H2/q+1. The third kappa shape index (κ3) is 3.53. The van der Waals surface area contributed by atoms with E-state index in [1.807, 2.05) is 0 Å². The van der Waals surface area contributed by atoms with Gasteiger partial charge in [0.25, 0.3) is 0 Å². The Morgan fingerprint density at radius 1 is 0.654 bits per heavy atom. The maximum atomic E-state index is 13.4. The fourth-order valence-corrected chi connectivity index (χ4v) is 2.28. The normalized spacial score (nSPS) is 17.6. The van der Waals surface area contributed by atoms with Crippen molar-refractivity contribution in [3.63, 3.8) is 0 Å². The third-order valence-corrected chi connectivity index (χ3v) is 4.39. The molecule has 0 aromatic carbocycles. The third-order valence-electron chi connectivity index (χ3n) is 3.17. The summed E-state index contributed by atoms with van der Waals surface area (Å²) >= 11 is 0. The first-order valence-electron chi connectivity index (χ1n) is 6.26. The molecule has 0 radical (unpaired) electrons. The van der Waals surface area contributed by atoms with Crippen molar-refractivity contribution in [2.24, 2.45) is 0 Å². The Hall–Kier alpha value is -1.41. The molecule has 0 N–H and O–H groups in total. The van der Waals surface area contributed by atoms with Crippen LogP contribution in [-0.2, 0) is 6.54 Å². The van der Waals surface area contributed by atoms with Gasteiger partial charge in [0.2, 0.25) is 0 Å². The highest BCUT2D eigenvalue weighted by atomic mass is 32.5. The molecule has 0 amide bonds. The Balaban J connectivity index is 3.28. The Bertz CT molecular complexity index is 652. The molecule has 0 aliphatic rings. The van der Waals surface area contributed by atoms with E-state index >= 15 is 0 Å². The van der Waals surface area contributed by atoms with Crippen LogP contribution in [0.15, 0.2) is 30.6 Å². The van der Waals surface area contributed by atoms with Crippen LogP contribution in [0, 0.1) is 0 Å². The van der Waals surface area contributed by atoms with Crippen LogP contribution >= 0.6 is 10.2 Å². The topological polar surface area (TPSA) is 3.88 Å². The first kappa shape index (κ1) is 22.6. The van der Waals surface area contributed by atoms with Crippen LogP contribution in [0.5, 0.6) is 0 Å². The molecular weight excluding hydrogens is 425 g/mol. The van der Waals surface area contributed by atoms with Crippen LogP contribution in [0.4, 0.5) is 54.6 Å². The summed E-state index contributed by atoms with van der Waals surface area (Å²) in [5, 5.41) is -8.68. The van der Waals surface area contributed by atoms with Gasteiger partial charge in [0, 0.05) is 12.1 Å². The first-order valence-corrected chi connectivity index (χ1v) is 8.21. The summed E-state index contributed by atoms with van der Waals surface area (Å²) in [6, 6.07) is 3.67. The van der Waals surface area contributed by atoms with Crippen molar-refractivity contribution in [3.8, 4) is 0 Å². The van der Waals surface area contributed by atoms with E-state index in [9.17, 15) is 54.6 Å². The average molecular weight is 434 g/mol. The van der Waals surface area contributed by atoms with Crippen molar-refractivity contribution >= 4 is 10.2 Å². The Morgan fingerprint density at radius 2 is 1.08 bits per heavy atom. The van der Waals surface area contributed by atoms with E-state index in [1.54, 1.807) is 0 Å². The average Bonchev–Trinajstić information content (AvgIpc) is 2.43. The Kier molecular flexibility index (Phi) is 4.63. The molecule has 1 rings (SSSR count). The second-order valence-electron chi connectivity index (χ2n) is 5.20. The molecule has 0 aliphatic heterocycles. The molecule has 1 heterocycles. The summed E-state index contributed by atoms with van der Waals surface area (Å²) in [5.41, 5.74) is 0. The van der Waals surface area contributed by atoms with Crippen LogP contribution in [0.2, 0.25) is 0 Å². The van der Waals surface area contributed by atoms with Gasteiger partial charge < -0.3 is 0 Å². The molecule has 0 fully saturated rings. The maximum absolute atomic E-state index is 13.4. The van der Waals surface area contributed by atoms with Crippen LogP contribution in [0.25, 0.3) is 0 Å². The largest absolute Gasteiger partial charge is 0.450 e. The van der Waals surface area contributed by atoms with Gasteiger partial charge in [-0.05, 0) is 0 Å². The fourth-order valence-electron chi connectivity index (χ4n) is 1.66. The highest BCUT2D eigenvalue weighted by Crippen LogP contribution is 3.06. The molecule has 1 aromatic rings. The Labute approximate surface area is 137 Å². The minimum absolute atomic E-state index is 0.699. The van der Waals surface area contributed by atoms with E-state index in [0.717, 1.165) is 12.4 Å². The van der Waals surface area contributed by atoms with Gasteiger partial charge in [-0.1, -0.05) is 25.5 Å². The second-order valence-corrected chi connectivity index (χ2v) is 7.65. The molecular formula is C11H9F13NS+. The summed E-state index contributed by atoms with van der Waals surface area (Å²) in [5.74, 6) is -21.7. The number of halogens is 13. The van der Waals surface area contributed by atoms with E-state index in [2.05, 4.69) is 0 Å². The number of pyridine rings is 1. The summed E-state index contributed by atoms with van der Waals surface area (Å²) < 4.78 is 166. The summed E-state index contributed by atoms with van der Waals surface area (Å²) in [4.78, 5) is 0. The number of rotatable bonds is 7. The maximum Gasteiger partial charge on any atom is 0.450 e. The van der Waals surface area contributed by atoms with Crippen molar-refractivity contribution in [3.05, 3.63) is 30.6 Å². The highest BCUT2D eigenvalue weighted by Gasteiger charge is 2.97. The molecule has 0 aliphatic carbocycles. The predicted molar refractivity (Wildman–Crippen MR) is 64.2 cm³/mol. The zero-order valence-electron chi connectivity index (χ0n) is 12.1. The van der Waals surface area contributed by atoms with Crippen molar-refractivity contribution in [2.45, 2.75) is 36.0 Å². The van der Waals surface area contributed by atoms with Crippen molar-refractivity contribution in [2.75, 3.05) is 0 Å². The minimum Gasteiger partial charge on any atom is -0.205 e. The van der Waals surface area contributed by atoms with Gasteiger partial charge in [-0.2, -0.15) is 35.1 Å². The van der Waals surface area contributed by atoms with Crippen LogP contribution in [-0.4, -0.2) is 23.0 Å². The quantitative estimate of drug-likeness (QED) is 0.358. The van der Waals surface area contributed by atoms with Gasteiger partial charge in [0.15, 0.2) is 18.9 Å². The lowest BCUT2D eigenvalue weighted by atomic mass is 10.0. The van der Waals surface area contributed by atoms with Crippen LogP contribution < -0.4 is 4.57 Å². The molecule has 26 heavy (non-hydrogen) atoms.